The molecule has 0 fully saturated rings. The number of pyridine rings is 1. The lowest BCUT2D eigenvalue weighted by Gasteiger charge is -2.23. The number of nitrogens with zero attached hydrogens (tertiary/aromatic N) is 1. The molecule has 0 aliphatic rings. The third-order valence-corrected chi connectivity index (χ3v) is 4.73. The molecule has 0 aliphatic heterocycles. The number of halogens is 1. The van der Waals surface area contributed by atoms with E-state index >= 15 is 0 Å². The first-order chi connectivity index (χ1) is 13.5. The van der Waals surface area contributed by atoms with E-state index < -0.39 is 0 Å². The minimum absolute atomic E-state index is 0.156. The first-order valence-corrected chi connectivity index (χ1v) is 11.0. The molecule has 0 aliphatic carbocycles. The second kappa shape index (κ2) is 16.7. The largest absolute Gasteiger partial charge is 0.367 e. The number of hydrogen-bond acceptors (Lipinski definition) is 4. The molecule has 4 nitrogen and oxygen atoms in total. The van der Waals surface area contributed by atoms with Gasteiger partial charge >= 0.3 is 0 Å². The molecule has 0 saturated carbocycles. The summed E-state index contributed by atoms with van der Waals surface area (Å²) >= 11 is 0. The third kappa shape index (κ3) is 11.0. The number of ether oxygens (including phenoxy) is 2. The maximum Gasteiger partial charge on any atom is 0.185 e. The molecule has 0 saturated heterocycles. The Balaban J connectivity index is 0.00000129. The first kappa shape index (κ1) is 26.8. The fourth-order valence-electron chi connectivity index (χ4n) is 2.75. The zero-order valence-electron chi connectivity index (χ0n) is 19.2. The van der Waals surface area contributed by atoms with E-state index in [4.69, 9.17) is 14.5 Å². The Bertz CT molecular complexity index is 491. The molecule has 1 N–H and O–H groups in total. The quantitative estimate of drug-likeness (QED) is 0.369. The van der Waals surface area contributed by atoms with Crippen molar-refractivity contribution < 1.29 is 13.9 Å². The maximum absolute atomic E-state index is 11.0. The van der Waals surface area contributed by atoms with Crippen LogP contribution in [0.25, 0.3) is 0 Å². The van der Waals surface area contributed by atoms with Gasteiger partial charge in [0.25, 0.3) is 0 Å². The summed E-state index contributed by atoms with van der Waals surface area (Å²) in [6, 6.07) is 4.57. The van der Waals surface area contributed by atoms with E-state index in [9.17, 15) is 4.39 Å². The van der Waals surface area contributed by atoms with Crippen molar-refractivity contribution >= 4 is 5.82 Å². The monoisotopic (exact) mass is 398 g/mol. The minimum atomic E-state index is -0.325. The summed E-state index contributed by atoms with van der Waals surface area (Å²) in [5, 5.41) is 3.57. The van der Waals surface area contributed by atoms with Gasteiger partial charge in [0.15, 0.2) is 6.29 Å². The highest BCUT2D eigenvalue weighted by Gasteiger charge is 2.16. The Labute approximate surface area is 172 Å². The number of anilines is 1. The number of aromatic nitrogens is 1. The standard InChI is InChI=1S/C19H34N2O2.C4H9F/c1-7-14(5)13-16(8-2)21-18-12-11-17(15(6)20-18)19(22-9-3)23-10-4;1-2-3-4-5/h11-12,14,16,19H,7-10,13H2,1-6H3,(H,20,21);2-4H2,1H3. The number of alkyl halides is 1. The van der Waals surface area contributed by atoms with Crippen molar-refractivity contribution in [3.8, 4) is 0 Å². The number of nitrogens with one attached hydrogen (secondary N) is 1. The second-order valence-electron chi connectivity index (χ2n) is 7.15. The fourth-order valence-corrected chi connectivity index (χ4v) is 2.75. The summed E-state index contributed by atoms with van der Waals surface area (Å²) in [6.45, 7) is 15.8. The van der Waals surface area contributed by atoms with Crippen molar-refractivity contribution in [1.82, 2.24) is 4.98 Å². The third-order valence-electron chi connectivity index (χ3n) is 4.73. The van der Waals surface area contributed by atoms with Crippen molar-refractivity contribution in [2.75, 3.05) is 25.2 Å². The highest BCUT2D eigenvalue weighted by atomic mass is 19.1. The number of hydrogen-bond donors (Lipinski definition) is 1. The van der Waals surface area contributed by atoms with E-state index in [1.54, 1.807) is 0 Å². The molecule has 1 rings (SSSR count). The number of rotatable bonds is 13. The molecule has 1 heterocycles. The van der Waals surface area contributed by atoms with E-state index in [1.807, 2.05) is 33.8 Å². The Hall–Kier alpha value is -1.20. The van der Waals surface area contributed by atoms with Gasteiger partial charge in [0, 0.05) is 30.5 Å². The molecule has 0 aromatic carbocycles. The predicted octanol–water partition coefficient (Wildman–Crippen LogP) is 6.84. The van der Waals surface area contributed by atoms with E-state index in [0.717, 1.165) is 42.3 Å². The van der Waals surface area contributed by atoms with Crippen molar-refractivity contribution in [2.24, 2.45) is 5.92 Å². The van der Waals surface area contributed by atoms with Gasteiger partial charge in [0.2, 0.25) is 0 Å². The van der Waals surface area contributed by atoms with E-state index in [2.05, 4.69) is 32.2 Å². The minimum Gasteiger partial charge on any atom is -0.367 e. The highest BCUT2D eigenvalue weighted by molar-refractivity contribution is 5.39. The number of unbranched alkanes of at least 4 members (excludes halogenated alkanes) is 1. The van der Waals surface area contributed by atoms with Crippen LogP contribution in [0.3, 0.4) is 0 Å². The highest BCUT2D eigenvalue weighted by Crippen LogP contribution is 2.24. The van der Waals surface area contributed by atoms with Gasteiger partial charge in [-0.3, -0.25) is 4.39 Å². The molecule has 0 amide bonds. The Morgan fingerprint density at radius 1 is 1.04 bits per heavy atom. The summed E-state index contributed by atoms with van der Waals surface area (Å²) in [4.78, 5) is 4.71. The smallest absolute Gasteiger partial charge is 0.185 e. The van der Waals surface area contributed by atoms with Crippen LogP contribution in [0.1, 0.15) is 91.2 Å². The molecular weight excluding hydrogens is 355 g/mol. The van der Waals surface area contributed by atoms with Gasteiger partial charge in [-0.05, 0) is 58.1 Å². The Morgan fingerprint density at radius 2 is 1.68 bits per heavy atom. The zero-order chi connectivity index (χ0) is 21.4. The Morgan fingerprint density at radius 3 is 2.07 bits per heavy atom. The van der Waals surface area contributed by atoms with E-state index in [-0.39, 0.29) is 13.0 Å². The van der Waals surface area contributed by atoms with E-state index in [0.29, 0.717) is 19.3 Å². The van der Waals surface area contributed by atoms with Gasteiger partial charge in [-0.1, -0.05) is 40.5 Å². The summed E-state index contributed by atoms with van der Waals surface area (Å²) in [7, 11) is 0. The summed E-state index contributed by atoms with van der Waals surface area (Å²) in [5.74, 6) is 1.67. The van der Waals surface area contributed by atoms with Gasteiger partial charge < -0.3 is 14.8 Å². The zero-order valence-corrected chi connectivity index (χ0v) is 19.2. The first-order valence-electron chi connectivity index (χ1n) is 11.0. The van der Waals surface area contributed by atoms with Crippen molar-refractivity contribution in [1.29, 1.82) is 0 Å². The molecule has 1 aromatic rings. The molecule has 0 radical (unpaired) electrons. The van der Waals surface area contributed by atoms with Crippen LogP contribution in [0.15, 0.2) is 12.1 Å². The molecule has 5 heteroatoms. The van der Waals surface area contributed by atoms with Crippen LogP contribution in [0, 0.1) is 12.8 Å². The van der Waals surface area contributed by atoms with Crippen LogP contribution >= 0.6 is 0 Å². The van der Waals surface area contributed by atoms with Gasteiger partial charge in [0.05, 0.1) is 6.67 Å². The SMILES string of the molecule is CCCCF.CCOC(OCC)c1ccc(NC(CC)CC(C)CC)nc1C. The van der Waals surface area contributed by atoms with Crippen LogP contribution in [-0.4, -0.2) is 30.9 Å². The van der Waals surface area contributed by atoms with Crippen molar-refractivity contribution in [3.63, 3.8) is 0 Å². The molecule has 164 valence electrons. The molecule has 1 aromatic heterocycles. The van der Waals surface area contributed by atoms with Gasteiger partial charge in [-0.2, -0.15) is 0 Å². The van der Waals surface area contributed by atoms with Gasteiger partial charge in [-0.15, -0.1) is 0 Å². The van der Waals surface area contributed by atoms with Crippen LogP contribution in [-0.2, 0) is 9.47 Å². The van der Waals surface area contributed by atoms with Crippen LogP contribution in [0.2, 0.25) is 0 Å². The fraction of sp³-hybridized carbons (Fsp3) is 0.783. The summed E-state index contributed by atoms with van der Waals surface area (Å²) < 4.78 is 22.3. The van der Waals surface area contributed by atoms with Gasteiger partial charge in [-0.25, -0.2) is 4.98 Å². The van der Waals surface area contributed by atoms with Crippen LogP contribution in [0.4, 0.5) is 10.2 Å². The molecule has 28 heavy (non-hydrogen) atoms. The number of aryl methyl sites for hydroxylation is 1. The lowest BCUT2D eigenvalue weighted by atomic mass is 9.98. The molecule has 2 unspecified atom stereocenters. The average molecular weight is 399 g/mol. The van der Waals surface area contributed by atoms with Gasteiger partial charge in [0.1, 0.15) is 5.82 Å². The molecule has 0 spiro atoms. The van der Waals surface area contributed by atoms with Crippen molar-refractivity contribution in [3.05, 3.63) is 23.4 Å². The second-order valence-corrected chi connectivity index (χ2v) is 7.15. The molecule has 2 atom stereocenters. The predicted molar refractivity (Wildman–Crippen MR) is 118 cm³/mol. The topological polar surface area (TPSA) is 43.4 Å². The average Bonchev–Trinajstić information content (AvgIpc) is 2.68. The lowest BCUT2D eigenvalue weighted by molar-refractivity contribution is -0.140. The van der Waals surface area contributed by atoms with Crippen LogP contribution < -0.4 is 5.32 Å². The lowest BCUT2D eigenvalue weighted by Crippen LogP contribution is -2.22. The maximum atomic E-state index is 11.0. The molecular formula is C23H43FN2O2. The van der Waals surface area contributed by atoms with Crippen molar-refractivity contribution in [2.45, 2.75) is 92.9 Å². The Kier molecular flexibility index (Phi) is 16.0. The summed E-state index contributed by atoms with van der Waals surface area (Å²) in [5.41, 5.74) is 1.97. The van der Waals surface area contributed by atoms with E-state index in [1.165, 1.54) is 12.8 Å². The molecule has 0 bridgehead atoms. The summed E-state index contributed by atoms with van der Waals surface area (Å²) in [6.07, 6.45) is 4.86. The van der Waals surface area contributed by atoms with Crippen LogP contribution in [0.5, 0.6) is 0 Å². The normalized spacial score (nSPS) is 13.0.